The topological polar surface area (TPSA) is 117 Å². The number of carbonyl (C=O) groups excluding carboxylic acids is 1. The molecule has 0 bridgehead atoms. The minimum absolute atomic E-state index is 0. The van der Waals surface area contributed by atoms with Gasteiger partial charge in [0.05, 0.1) is 39.4 Å². The lowest BCUT2D eigenvalue weighted by atomic mass is 10.1. The van der Waals surface area contributed by atoms with Gasteiger partial charge in [-0.3, -0.25) is 9.78 Å². The molecule has 5 rings (SSSR count). The van der Waals surface area contributed by atoms with Crippen LogP contribution < -0.4 is 16.0 Å². The number of hydrogen-bond acceptors (Lipinski definition) is 8. The first-order chi connectivity index (χ1) is 17.3. The fraction of sp³-hybridized carbons (Fsp3) is 0.231. The maximum Gasteiger partial charge on any atom is 0.170 e. The Kier molecular flexibility index (Phi) is 11.1. The van der Waals surface area contributed by atoms with Gasteiger partial charge in [0, 0.05) is 30.9 Å². The van der Waals surface area contributed by atoms with E-state index in [-0.39, 0.29) is 54.1 Å². The Morgan fingerprint density at radius 3 is 2.56 bits per heavy atom. The fourth-order valence-electron chi connectivity index (χ4n) is 4.34. The number of benzene rings is 1. The van der Waals surface area contributed by atoms with Crippen LogP contribution in [0.2, 0.25) is 5.02 Å². The van der Waals surface area contributed by atoms with Gasteiger partial charge in [-0.2, -0.15) is 0 Å². The molecular weight excluding hydrogens is 589 g/mol. The number of anilines is 3. The van der Waals surface area contributed by atoms with Crippen LogP contribution in [0.15, 0.2) is 48.8 Å². The summed E-state index contributed by atoms with van der Waals surface area (Å²) in [6.45, 7) is 3.12. The van der Waals surface area contributed by atoms with Gasteiger partial charge in [0.15, 0.2) is 17.3 Å². The van der Waals surface area contributed by atoms with Crippen molar-refractivity contribution in [3.05, 3.63) is 65.2 Å². The lowest BCUT2D eigenvalue weighted by molar-refractivity contribution is 0.101. The van der Waals surface area contributed by atoms with E-state index in [2.05, 4.69) is 25.2 Å². The molecule has 8 nitrogen and oxygen atoms in total. The van der Waals surface area contributed by atoms with Gasteiger partial charge in [0.1, 0.15) is 11.3 Å². The summed E-state index contributed by atoms with van der Waals surface area (Å²) in [5, 5.41) is 12.8. The summed E-state index contributed by atoms with van der Waals surface area (Å²) < 4.78 is 14.1. The van der Waals surface area contributed by atoms with Crippen LogP contribution in [0, 0.1) is 5.82 Å². The highest BCUT2D eigenvalue weighted by Crippen LogP contribution is 2.34. The lowest BCUT2D eigenvalue weighted by Crippen LogP contribution is -2.43. The van der Waals surface area contributed by atoms with Crippen molar-refractivity contribution in [2.75, 3.05) is 23.3 Å². The number of ketones is 1. The van der Waals surface area contributed by atoms with Crippen molar-refractivity contribution in [1.29, 1.82) is 0 Å². The molecule has 0 aliphatic carbocycles. The molecule has 13 heteroatoms. The molecule has 0 spiro atoms. The van der Waals surface area contributed by atoms with E-state index in [0.717, 1.165) is 37.8 Å². The third kappa shape index (κ3) is 6.80. The van der Waals surface area contributed by atoms with Crippen molar-refractivity contribution >= 4 is 82.8 Å². The van der Waals surface area contributed by atoms with E-state index in [1.54, 1.807) is 18.3 Å². The van der Waals surface area contributed by atoms with Crippen LogP contribution in [0.1, 0.15) is 30.1 Å². The number of pyridine rings is 3. The summed E-state index contributed by atoms with van der Waals surface area (Å²) in [6, 6.07) is 9.92. The highest BCUT2D eigenvalue weighted by molar-refractivity contribution is 6.32. The SMILES string of the molecule is CC(=O)c1cnc2ccc(-c3cc(F)c(O)c(Cl)c3)nc2c1Nc1ccc(N2CCCC(N)C2)nc1.Cl.Cl.Cl. The van der Waals surface area contributed by atoms with Crippen molar-refractivity contribution in [3.63, 3.8) is 0 Å². The molecular formula is C26H27Cl4FN6O2. The Labute approximate surface area is 248 Å². The van der Waals surface area contributed by atoms with Crippen molar-refractivity contribution in [2.45, 2.75) is 25.8 Å². The van der Waals surface area contributed by atoms with E-state index in [9.17, 15) is 14.3 Å². The number of nitrogens with one attached hydrogen (secondary N) is 1. The van der Waals surface area contributed by atoms with Gasteiger partial charge in [-0.25, -0.2) is 14.4 Å². The highest BCUT2D eigenvalue weighted by Gasteiger charge is 2.19. The molecule has 1 aliphatic heterocycles. The molecule has 1 fully saturated rings. The molecule has 0 saturated carbocycles. The van der Waals surface area contributed by atoms with Gasteiger partial charge in [0.25, 0.3) is 0 Å². The average molecular weight is 616 g/mol. The molecule has 4 aromatic rings. The van der Waals surface area contributed by atoms with E-state index >= 15 is 0 Å². The molecule has 1 aliphatic rings. The Balaban J connectivity index is 0.00000178. The van der Waals surface area contributed by atoms with Crippen LogP contribution in [0.3, 0.4) is 0 Å². The third-order valence-electron chi connectivity index (χ3n) is 6.20. The van der Waals surface area contributed by atoms with Crippen LogP contribution in [0.4, 0.5) is 21.6 Å². The second-order valence-corrected chi connectivity index (χ2v) is 9.24. The molecule has 4 N–H and O–H groups in total. The predicted molar refractivity (Wildman–Crippen MR) is 160 cm³/mol. The Hall–Kier alpha value is -2.95. The number of rotatable bonds is 5. The van der Waals surface area contributed by atoms with Crippen LogP contribution in [-0.2, 0) is 0 Å². The molecule has 1 unspecified atom stereocenters. The zero-order valence-electron chi connectivity index (χ0n) is 20.7. The number of aromatic nitrogens is 3. The highest BCUT2D eigenvalue weighted by atomic mass is 35.5. The molecule has 39 heavy (non-hydrogen) atoms. The van der Waals surface area contributed by atoms with Gasteiger partial charge < -0.3 is 21.1 Å². The summed E-state index contributed by atoms with van der Waals surface area (Å²) in [7, 11) is 0. The van der Waals surface area contributed by atoms with E-state index < -0.39 is 11.6 Å². The Bertz CT molecular complexity index is 1450. The molecule has 0 radical (unpaired) electrons. The summed E-state index contributed by atoms with van der Waals surface area (Å²) in [6.07, 6.45) is 5.24. The summed E-state index contributed by atoms with van der Waals surface area (Å²) in [4.78, 5) is 28.2. The minimum Gasteiger partial charge on any atom is -0.504 e. The number of piperidine rings is 1. The van der Waals surface area contributed by atoms with Gasteiger partial charge in [-0.15, -0.1) is 37.2 Å². The zero-order valence-corrected chi connectivity index (χ0v) is 23.9. The van der Waals surface area contributed by atoms with Crippen molar-refractivity contribution in [2.24, 2.45) is 5.73 Å². The second-order valence-electron chi connectivity index (χ2n) is 8.83. The fourth-order valence-corrected chi connectivity index (χ4v) is 4.55. The molecule has 1 aromatic carbocycles. The van der Waals surface area contributed by atoms with Crippen LogP contribution in [0.25, 0.3) is 22.3 Å². The molecule has 208 valence electrons. The first-order valence-corrected chi connectivity index (χ1v) is 11.9. The number of phenolic OH excluding ortho intramolecular Hbond substituents is 1. The standard InChI is InChI=1S/C26H24ClFN6O2.3ClH/c1-14(35)18-12-30-22-6-5-21(15-9-19(27)26(36)20(28)10-15)33-25(22)24(18)32-17-4-7-23(31-11-17)34-8-2-3-16(29)13-34;;;/h4-7,9-12,16,36H,2-3,8,13,29H2,1H3,(H,30,32);3*1H. The van der Waals surface area contributed by atoms with Crippen LogP contribution in [0.5, 0.6) is 5.75 Å². The molecule has 1 saturated heterocycles. The second kappa shape index (κ2) is 13.4. The predicted octanol–water partition coefficient (Wildman–Crippen LogP) is 6.33. The van der Waals surface area contributed by atoms with Gasteiger partial charge in [0.2, 0.25) is 0 Å². The number of nitrogens with two attached hydrogens (primary N) is 1. The zero-order chi connectivity index (χ0) is 25.4. The average Bonchev–Trinajstić information content (AvgIpc) is 2.87. The first kappa shape index (κ1) is 32.3. The summed E-state index contributed by atoms with van der Waals surface area (Å²) in [5.41, 5.74) is 9.35. The number of phenols is 1. The third-order valence-corrected chi connectivity index (χ3v) is 6.49. The van der Waals surface area contributed by atoms with Crippen LogP contribution in [-0.4, -0.2) is 45.0 Å². The molecule has 0 amide bonds. The van der Waals surface area contributed by atoms with E-state index in [1.807, 2.05) is 12.1 Å². The summed E-state index contributed by atoms with van der Waals surface area (Å²) >= 11 is 5.96. The quantitative estimate of drug-likeness (QED) is 0.223. The number of nitrogens with zero attached hydrogens (tertiary/aromatic N) is 4. The first-order valence-electron chi connectivity index (χ1n) is 11.5. The summed E-state index contributed by atoms with van der Waals surface area (Å²) in [5.74, 6) is -0.820. The number of Topliss-reactive ketones (excluding diaryl/α,β-unsaturated/α-hetero) is 1. The molecule has 3 aromatic heterocycles. The van der Waals surface area contributed by atoms with E-state index in [4.69, 9.17) is 17.3 Å². The maximum atomic E-state index is 14.1. The van der Waals surface area contributed by atoms with Gasteiger partial charge >= 0.3 is 0 Å². The normalized spacial score (nSPS) is 14.6. The molecule has 4 heterocycles. The molecule has 1 atom stereocenters. The lowest BCUT2D eigenvalue weighted by Gasteiger charge is -2.31. The number of halogens is 5. The monoisotopic (exact) mass is 614 g/mol. The van der Waals surface area contributed by atoms with Gasteiger partial charge in [-0.1, -0.05) is 11.6 Å². The largest absolute Gasteiger partial charge is 0.504 e. The number of fused-ring (bicyclic) bond motifs is 1. The Morgan fingerprint density at radius 1 is 1.15 bits per heavy atom. The minimum atomic E-state index is -0.853. The van der Waals surface area contributed by atoms with Crippen LogP contribution >= 0.6 is 48.8 Å². The van der Waals surface area contributed by atoms with Crippen molar-refractivity contribution in [1.82, 2.24) is 15.0 Å². The van der Waals surface area contributed by atoms with Crippen molar-refractivity contribution in [3.8, 4) is 17.0 Å². The van der Waals surface area contributed by atoms with E-state index in [1.165, 1.54) is 19.2 Å². The maximum absolute atomic E-state index is 14.1. The van der Waals surface area contributed by atoms with E-state index in [0.29, 0.717) is 39.2 Å². The Morgan fingerprint density at radius 2 is 1.92 bits per heavy atom. The van der Waals surface area contributed by atoms with Crippen molar-refractivity contribution < 1.29 is 14.3 Å². The number of carbonyl (C=O) groups is 1. The number of aromatic hydroxyl groups is 1. The van der Waals surface area contributed by atoms with Gasteiger partial charge in [-0.05, 0) is 56.2 Å². The number of hydrogen-bond donors (Lipinski definition) is 3. The smallest absolute Gasteiger partial charge is 0.170 e.